The van der Waals surface area contributed by atoms with E-state index in [4.69, 9.17) is 21.1 Å². The van der Waals surface area contributed by atoms with Gasteiger partial charge in [0.1, 0.15) is 0 Å². The molecule has 2 N–H and O–H groups in total. The van der Waals surface area contributed by atoms with Crippen LogP contribution in [-0.2, 0) is 10.0 Å². The first kappa shape index (κ1) is 22.8. The predicted molar refractivity (Wildman–Crippen MR) is 116 cm³/mol. The highest BCUT2D eigenvalue weighted by molar-refractivity contribution is 7.92. The molecule has 0 unspecified atom stereocenters. The number of ether oxygens (including phenoxy) is 2. The Hall–Kier alpha value is -2.45. The van der Waals surface area contributed by atoms with Gasteiger partial charge >= 0.3 is 0 Å². The number of unbranched alkanes of at least 4 members (excludes halogenated alkanes) is 1. The number of halogens is 1. The Balaban J connectivity index is 2.17. The van der Waals surface area contributed by atoms with Gasteiger partial charge in [0.2, 0.25) is 10.0 Å². The Morgan fingerprint density at radius 1 is 1.07 bits per heavy atom. The Kier molecular flexibility index (Phi) is 8.16. The fourth-order valence-corrected chi connectivity index (χ4v) is 3.29. The van der Waals surface area contributed by atoms with Gasteiger partial charge in [0.25, 0.3) is 5.91 Å². The summed E-state index contributed by atoms with van der Waals surface area (Å²) < 4.78 is 36.2. The summed E-state index contributed by atoms with van der Waals surface area (Å²) in [6.07, 6.45) is 2.94. The molecule has 2 rings (SSSR count). The van der Waals surface area contributed by atoms with Crippen molar-refractivity contribution < 1.29 is 22.7 Å². The largest absolute Gasteiger partial charge is 0.490 e. The van der Waals surface area contributed by atoms with Crippen LogP contribution in [0.15, 0.2) is 36.4 Å². The van der Waals surface area contributed by atoms with Crippen LogP contribution in [0.3, 0.4) is 0 Å². The second kappa shape index (κ2) is 10.4. The number of carbonyl (C=O) groups is 1. The van der Waals surface area contributed by atoms with Gasteiger partial charge in [0.15, 0.2) is 11.5 Å². The van der Waals surface area contributed by atoms with E-state index in [2.05, 4.69) is 17.0 Å². The quantitative estimate of drug-likeness (QED) is 0.529. The second-order valence-corrected chi connectivity index (χ2v) is 8.48. The van der Waals surface area contributed by atoms with E-state index >= 15 is 0 Å². The Morgan fingerprint density at radius 3 is 2.31 bits per heavy atom. The summed E-state index contributed by atoms with van der Waals surface area (Å²) in [6, 6.07) is 9.42. The molecule has 0 heterocycles. The van der Waals surface area contributed by atoms with E-state index in [1.54, 1.807) is 30.3 Å². The monoisotopic (exact) mass is 440 g/mol. The van der Waals surface area contributed by atoms with E-state index in [-0.39, 0.29) is 5.91 Å². The zero-order chi connectivity index (χ0) is 21.4. The lowest BCUT2D eigenvalue weighted by Gasteiger charge is -2.15. The first-order valence-corrected chi connectivity index (χ1v) is 11.5. The number of carbonyl (C=O) groups excluding carboxylic acids is 1. The SMILES string of the molecule is CCCCOc1c(Cl)cc(C(=O)Nc2ccc(NS(C)(=O)=O)cc2)cc1OCC. The van der Waals surface area contributed by atoms with Gasteiger partial charge in [0, 0.05) is 16.9 Å². The van der Waals surface area contributed by atoms with Crippen LogP contribution in [0.25, 0.3) is 0 Å². The number of nitrogens with one attached hydrogen (secondary N) is 2. The predicted octanol–water partition coefficient (Wildman–Crippen LogP) is 4.54. The molecule has 0 aliphatic carbocycles. The van der Waals surface area contributed by atoms with Gasteiger partial charge in [-0.3, -0.25) is 9.52 Å². The van der Waals surface area contributed by atoms with Gasteiger partial charge < -0.3 is 14.8 Å². The first-order valence-electron chi connectivity index (χ1n) is 9.21. The summed E-state index contributed by atoms with van der Waals surface area (Å²) in [7, 11) is -3.36. The molecule has 0 saturated heterocycles. The maximum Gasteiger partial charge on any atom is 0.255 e. The summed E-state index contributed by atoms with van der Waals surface area (Å²) >= 11 is 6.33. The third-order valence-corrected chi connectivity index (χ3v) is 4.65. The molecule has 2 aromatic rings. The minimum atomic E-state index is -3.36. The van der Waals surface area contributed by atoms with Crippen molar-refractivity contribution in [2.24, 2.45) is 0 Å². The molecule has 0 saturated carbocycles. The third kappa shape index (κ3) is 7.14. The fraction of sp³-hybridized carbons (Fsp3) is 0.350. The molecule has 0 aromatic heterocycles. The molecule has 1 amide bonds. The topological polar surface area (TPSA) is 93.7 Å². The van der Waals surface area contributed by atoms with Crippen molar-refractivity contribution >= 4 is 38.9 Å². The van der Waals surface area contributed by atoms with Crippen LogP contribution in [0.2, 0.25) is 5.02 Å². The first-order chi connectivity index (χ1) is 13.7. The molecular weight excluding hydrogens is 416 g/mol. The maximum absolute atomic E-state index is 12.6. The van der Waals surface area contributed by atoms with E-state index in [1.807, 2.05) is 6.92 Å². The van der Waals surface area contributed by atoms with Crippen LogP contribution in [0, 0.1) is 0 Å². The molecule has 9 heteroatoms. The van der Waals surface area contributed by atoms with Gasteiger partial charge in [-0.05, 0) is 49.7 Å². The van der Waals surface area contributed by atoms with Crippen LogP contribution in [0.1, 0.15) is 37.0 Å². The summed E-state index contributed by atoms with van der Waals surface area (Å²) in [6.45, 7) is 4.81. The standard InChI is InChI=1S/C20H25ClN2O5S/c1-4-6-11-28-19-17(21)12-14(13-18(19)27-5-2)20(24)22-15-7-9-16(10-8-15)23-29(3,25)26/h7-10,12-13,23H,4-6,11H2,1-3H3,(H,22,24). The van der Waals surface area contributed by atoms with Crippen LogP contribution in [0.5, 0.6) is 11.5 Å². The van der Waals surface area contributed by atoms with Crippen molar-refractivity contribution in [2.75, 3.05) is 29.5 Å². The van der Waals surface area contributed by atoms with Crippen LogP contribution in [-0.4, -0.2) is 33.8 Å². The molecule has 0 radical (unpaired) electrons. The highest BCUT2D eigenvalue weighted by Crippen LogP contribution is 2.37. The van der Waals surface area contributed by atoms with Crippen molar-refractivity contribution in [1.29, 1.82) is 0 Å². The van der Waals surface area contributed by atoms with E-state index < -0.39 is 10.0 Å². The summed E-state index contributed by atoms with van der Waals surface area (Å²) in [4.78, 5) is 12.6. The van der Waals surface area contributed by atoms with E-state index in [0.717, 1.165) is 19.1 Å². The molecule has 0 fully saturated rings. The van der Waals surface area contributed by atoms with E-state index in [0.29, 0.717) is 46.7 Å². The molecule has 7 nitrogen and oxygen atoms in total. The minimum absolute atomic E-state index is 0.296. The van der Waals surface area contributed by atoms with Gasteiger partial charge in [0.05, 0.1) is 24.5 Å². The lowest BCUT2D eigenvalue weighted by Crippen LogP contribution is -2.13. The smallest absolute Gasteiger partial charge is 0.255 e. The number of benzene rings is 2. The van der Waals surface area contributed by atoms with Crippen molar-refractivity contribution in [2.45, 2.75) is 26.7 Å². The molecule has 0 atom stereocenters. The summed E-state index contributed by atoms with van der Waals surface area (Å²) in [5.41, 5.74) is 1.23. The zero-order valence-electron chi connectivity index (χ0n) is 16.6. The lowest BCUT2D eigenvalue weighted by atomic mass is 10.1. The van der Waals surface area contributed by atoms with Gasteiger partial charge in [-0.25, -0.2) is 8.42 Å². The Bertz CT molecular complexity index is 946. The van der Waals surface area contributed by atoms with Crippen molar-refractivity contribution in [3.05, 3.63) is 47.0 Å². The second-order valence-electron chi connectivity index (χ2n) is 6.33. The maximum atomic E-state index is 12.6. The van der Waals surface area contributed by atoms with Gasteiger partial charge in [-0.1, -0.05) is 24.9 Å². The molecule has 29 heavy (non-hydrogen) atoms. The van der Waals surface area contributed by atoms with E-state index in [9.17, 15) is 13.2 Å². The molecule has 0 aliphatic rings. The zero-order valence-corrected chi connectivity index (χ0v) is 18.2. The summed E-state index contributed by atoms with van der Waals surface area (Å²) in [5, 5.41) is 3.04. The third-order valence-electron chi connectivity index (χ3n) is 3.76. The number of sulfonamides is 1. The normalized spacial score (nSPS) is 11.0. The van der Waals surface area contributed by atoms with Crippen molar-refractivity contribution in [3.8, 4) is 11.5 Å². The van der Waals surface area contributed by atoms with E-state index in [1.165, 1.54) is 6.07 Å². The Labute approximate surface area is 176 Å². The molecule has 158 valence electrons. The number of amides is 1. The average molecular weight is 441 g/mol. The van der Waals surface area contributed by atoms with Crippen LogP contribution in [0.4, 0.5) is 11.4 Å². The minimum Gasteiger partial charge on any atom is -0.490 e. The molecule has 2 aromatic carbocycles. The van der Waals surface area contributed by atoms with Crippen molar-refractivity contribution in [3.63, 3.8) is 0 Å². The molecule has 0 spiro atoms. The average Bonchev–Trinajstić information content (AvgIpc) is 2.64. The van der Waals surface area contributed by atoms with Gasteiger partial charge in [-0.2, -0.15) is 0 Å². The number of anilines is 2. The number of rotatable bonds is 10. The van der Waals surface area contributed by atoms with Crippen LogP contribution >= 0.6 is 11.6 Å². The van der Waals surface area contributed by atoms with Gasteiger partial charge in [-0.15, -0.1) is 0 Å². The van der Waals surface area contributed by atoms with Crippen LogP contribution < -0.4 is 19.5 Å². The number of hydrogen-bond donors (Lipinski definition) is 2. The molecule has 0 aliphatic heterocycles. The lowest BCUT2D eigenvalue weighted by molar-refractivity contribution is 0.102. The summed E-state index contributed by atoms with van der Waals surface area (Å²) in [5.74, 6) is 0.459. The Morgan fingerprint density at radius 2 is 1.72 bits per heavy atom. The molecular formula is C20H25ClN2O5S. The molecule has 0 bridgehead atoms. The highest BCUT2D eigenvalue weighted by atomic mass is 35.5. The number of hydrogen-bond acceptors (Lipinski definition) is 5. The fourth-order valence-electron chi connectivity index (χ4n) is 2.46. The highest BCUT2D eigenvalue weighted by Gasteiger charge is 2.16. The van der Waals surface area contributed by atoms with Crippen molar-refractivity contribution in [1.82, 2.24) is 0 Å².